The summed E-state index contributed by atoms with van der Waals surface area (Å²) in [6.45, 7) is 9.88. The molecule has 0 saturated heterocycles. The van der Waals surface area contributed by atoms with Crippen molar-refractivity contribution in [3.8, 4) is 0 Å². The van der Waals surface area contributed by atoms with Gasteiger partial charge in [-0.15, -0.1) is 0 Å². The summed E-state index contributed by atoms with van der Waals surface area (Å²) in [5.41, 5.74) is 2.24. The second kappa shape index (κ2) is 6.28. The maximum Gasteiger partial charge on any atom is 0.0587 e. The standard InChI is InChI=1S/C18H29NO/c1-17(2,3)16-12-18(13-16,14-19-10-11-20-4)15-8-6-5-7-9-15/h5-9,16,19H,10-14H2,1-4H3. The smallest absolute Gasteiger partial charge is 0.0587 e. The molecular formula is C18H29NO. The van der Waals surface area contributed by atoms with Crippen molar-refractivity contribution >= 4 is 0 Å². The van der Waals surface area contributed by atoms with Crippen LogP contribution in [-0.4, -0.2) is 26.8 Å². The molecule has 0 aromatic heterocycles. The van der Waals surface area contributed by atoms with Gasteiger partial charge in [-0.25, -0.2) is 0 Å². The molecule has 0 atom stereocenters. The summed E-state index contributed by atoms with van der Waals surface area (Å²) >= 11 is 0. The number of hydrogen-bond acceptors (Lipinski definition) is 2. The Morgan fingerprint density at radius 2 is 1.85 bits per heavy atom. The van der Waals surface area contributed by atoms with Crippen molar-refractivity contribution < 1.29 is 4.74 Å². The predicted molar refractivity (Wildman–Crippen MR) is 85.0 cm³/mol. The third-order valence-electron chi connectivity index (χ3n) is 4.83. The van der Waals surface area contributed by atoms with Crippen LogP contribution >= 0.6 is 0 Å². The summed E-state index contributed by atoms with van der Waals surface area (Å²) < 4.78 is 5.13. The molecule has 0 unspecified atom stereocenters. The molecule has 0 radical (unpaired) electrons. The molecule has 0 spiro atoms. The van der Waals surface area contributed by atoms with Gasteiger partial charge in [-0.1, -0.05) is 51.1 Å². The van der Waals surface area contributed by atoms with E-state index in [9.17, 15) is 0 Å². The number of methoxy groups -OCH3 is 1. The van der Waals surface area contributed by atoms with Gasteiger partial charge in [0.25, 0.3) is 0 Å². The average molecular weight is 275 g/mol. The van der Waals surface area contributed by atoms with Gasteiger partial charge in [-0.05, 0) is 29.7 Å². The van der Waals surface area contributed by atoms with Crippen LogP contribution in [-0.2, 0) is 10.2 Å². The molecule has 1 fully saturated rings. The van der Waals surface area contributed by atoms with Crippen LogP contribution in [0, 0.1) is 11.3 Å². The summed E-state index contributed by atoms with van der Waals surface area (Å²) in [5, 5.41) is 3.57. The van der Waals surface area contributed by atoms with Crippen molar-refractivity contribution in [2.75, 3.05) is 26.8 Å². The first-order valence-electron chi connectivity index (χ1n) is 7.73. The van der Waals surface area contributed by atoms with E-state index in [2.05, 4.69) is 56.4 Å². The monoisotopic (exact) mass is 275 g/mol. The Bertz CT molecular complexity index is 401. The largest absolute Gasteiger partial charge is 0.383 e. The molecule has 0 heterocycles. The molecule has 1 saturated carbocycles. The fourth-order valence-corrected chi connectivity index (χ4v) is 3.27. The van der Waals surface area contributed by atoms with Gasteiger partial charge in [0, 0.05) is 25.6 Å². The van der Waals surface area contributed by atoms with Gasteiger partial charge in [-0.2, -0.15) is 0 Å². The lowest BCUT2D eigenvalue weighted by Crippen LogP contribution is -2.52. The molecule has 2 nitrogen and oxygen atoms in total. The molecule has 0 amide bonds. The molecular weight excluding hydrogens is 246 g/mol. The van der Waals surface area contributed by atoms with E-state index in [4.69, 9.17) is 4.74 Å². The van der Waals surface area contributed by atoms with Crippen LogP contribution in [0.1, 0.15) is 39.2 Å². The van der Waals surface area contributed by atoms with Crippen LogP contribution in [0.25, 0.3) is 0 Å². The van der Waals surface area contributed by atoms with E-state index in [1.807, 2.05) is 0 Å². The van der Waals surface area contributed by atoms with Crippen molar-refractivity contribution in [3.63, 3.8) is 0 Å². The molecule has 1 aromatic carbocycles. The Morgan fingerprint density at radius 1 is 1.20 bits per heavy atom. The van der Waals surface area contributed by atoms with E-state index in [1.165, 1.54) is 18.4 Å². The maximum absolute atomic E-state index is 5.13. The number of rotatable bonds is 6. The highest BCUT2D eigenvalue weighted by Gasteiger charge is 2.48. The normalized spacial score (nSPS) is 26.3. The van der Waals surface area contributed by atoms with Crippen LogP contribution in [0.15, 0.2) is 30.3 Å². The van der Waals surface area contributed by atoms with Gasteiger partial charge in [0.1, 0.15) is 0 Å². The Balaban J connectivity index is 2.03. The number of nitrogens with one attached hydrogen (secondary N) is 1. The Kier molecular flexibility index (Phi) is 4.87. The highest BCUT2D eigenvalue weighted by Crippen LogP contribution is 2.53. The van der Waals surface area contributed by atoms with Crippen molar-refractivity contribution in [3.05, 3.63) is 35.9 Å². The zero-order valence-electron chi connectivity index (χ0n) is 13.4. The van der Waals surface area contributed by atoms with Crippen molar-refractivity contribution in [2.24, 2.45) is 11.3 Å². The molecule has 1 aromatic rings. The van der Waals surface area contributed by atoms with Crippen molar-refractivity contribution in [2.45, 2.75) is 39.0 Å². The number of ether oxygens (including phenoxy) is 1. The first-order valence-corrected chi connectivity index (χ1v) is 7.73. The van der Waals surface area contributed by atoms with E-state index >= 15 is 0 Å². The molecule has 1 N–H and O–H groups in total. The van der Waals surface area contributed by atoms with E-state index in [1.54, 1.807) is 7.11 Å². The quantitative estimate of drug-likeness (QED) is 0.801. The molecule has 1 aliphatic carbocycles. The molecule has 2 heteroatoms. The average Bonchev–Trinajstić information content (AvgIpc) is 2.36. The molecule has 2 rings (SSSR count). The minimum atomic E-state index is 0.326. The summed E-state index contributed by atoms with van der Waals surface area (Å²) in [5.74, 6) is 0.826. The molecule has 112 valence electrons. The lowest BCUT2D eigenvalue weighted by atomic mass is 9.52. The van der Waals surface area contributed by atoms with Crippen LogP contribution in [0.5, 0.6) is 0 Å². The molecule has 20 heavy (non-hydrogen) atoms. The zero-order chi connectivity index (χ0) is 14.6. The van der Waals surface area contributed by atoms with Gasteiger partial charge >= 0.3 is 0 Å². The maximum atomic E-state index is 5.13. The predicted octanol–water partition coefficient (Wildman–Crippen LogP) is 3.62. The summed E-state index contributed by atoms with van der Waals surface area (Å²) in [4.78, 5) is 0. The van der Waals surface area contributed by atoms with Gasteiger partial charge in [0.15, 0.2) is 0 Å². The number of benzene rings is 1. The van der Waals surface area contributed by atoms with E-state index in [0.29, 0.717) is 10.8 Å². The Hall–Kier alpha value is -0.860. The molecule has 0 bridgehead atoms. The van der Waals surface area contributed by atoms with Gasteiger partial charge in [0.05, 0.1) is 6.61 Å². The van der Waals surface area contributed by atoms with E-state index < -0.39 is 0 Å². The lowest BCUT2D eigenvalue weighted by Gasteiger charge is -2.53. The van der Waals surface area contributed by atoms with Crippen LogP contribution in [0.4, 0.5) is 0 Å². The topological polar surface area (TPSA) is 21.3 Å². The summed E-state index contributed by atoms with van der Waals surface area (Å²) in [6, 6.07) is 11.0. The number of hydrogen-bond donors (Lipinski definition) is 1. The third-order valence-corrected chi connectivity index (χ3v) is 4.83. The first-order chi connectivity index (χ1) is 9.48. The second-order valence-corrected chi connectivity index (χ2v) is 7.29. The highest BCUT2D eigenvalue weighted by atomic mass is 16.5. The zero-order valence-corrected chi connectivity index (χ0v) is 13.4. The second-order valence-electron chi connectivity index (χ2n) is 7.29. The fraction of sp³-hybridized carbons (Fsp3) is 0.667. The van der Waals surface area contributed by atoms with Gasteiger partial charge < -0.3 is 10.1 Å². The van der Waals surface area contributed by atoms with Gasteiger partial charge in [0.2, 0.25) is 0 Å². The van der Waals surface area contributed by atoms with Crippen LogP contribution < -0.4 is 5.32 Å². The van der Waals surface area contributed by atoms with Crippen LogP contribution in [0.2, 0.25) is 0 Å². The third kappa shape index (κ3) is 3.42. The Labute approximate surface area is 123 Å². The van der Waals surface area contributed by atoms with Gasteiger partial charge in [-0.3, -0.25) is 0 Å². The summed E-state index contributed by atoms with van der Waals surface area (Å²) in [6.07, 6.45) is 2.58. The van der Waals surface area contributed by atoms with Crippen LogP contribution in [0.3, 0.4) is 0 Å². The first kappa shape index (κ1) is 15.5. The SMILES string of the molecule is COCCNCC1(c2ccccc2)CC(C(C)(C)C)C1. The molecule has 0 aliphatic heterocycles. The van der Waals surface area contributed by atoms with Crippen molar-refractivity contribution in [1.82, 2.24) is 5.32 Å². The molecule has 1 aliphatic rings. The lowest BCUT2D eigenvalue weighted by molar-refractivity contribution is 0.0438. The highest BCUT2D eigenvalue weighted by molar-refractivity contribution is 5.30. The van der Waals surface area contributed by atoms with E-state index in [-0.39, 0.29) is 0 Å². The minimum absolute atomic E-state index is 0.326. The Morgan fingerprint density at radius 3 is 2.40 bits per heavy atom. The van der Waals surface area contributed by atoms with E-state index in [0.717, 1.165) is 25.6 Å². The minimum Gasteiger partial charge on any atom is -0.383 e. The fourth-order valence-electron chi connectivity index (χ4n) is 3.27. The summed E-state index contributed by atoms with van der Waals surface area (Å²) in [7, 11) is 1.76. The van der Waals surface area contributed by atoms with Crippen molar-refractivity contribution in [1.29, 1.82) is 0 Å².